The van der Waals surface area contributed by atoms with Crippen molar-refractivity contribution in [3.63, 3.8) is 0 Å². The Morgan fingerprint density at radius 3 is 2.40 bits per heavy atom. The van der Waals surface area contributed by atoms with Crippen LogP contribution in [0.3, 0.4) is 0 Å². The summed E-state index contributed by atoms with van der Waals surface area (Å²) < 4.78 is 0. The molecule has 84 valence electrons. The average molecular weight is 209 g/mol. The summed E-state index contributed by atoms with van der Waals surface area (Å²) in [6.45, 7) is 2.20. The quantitative estimate of drug-likeness (QED) is 0.657. The van der Waals surface area contributed by atoms with Crippen LogP contribution in [-0.2, 0) is 0 Å². The lowest BCUT2D eigenvalue weighted by Gasteiger charge is -2.21. The Kier molecular flexibility index (Phi) is 5.32. The molecule has 0 saturated heterocycles. The number of aliphatic hydroxyl groups is 2. The molecule has 0 spiro atoms. The van der Waals surface area contributed by atoms with Gasteiger partial charge in [0.25, 0.3) is 0 Å². The first-order chi connectivity index (χ1) is 7.27. The summed E-state index contributed by atoms with van der Waals surface area (Å²) in [5.41, 5.74) is 1.19. The van der Waals surface area contributed by atoms with E-state index in [1.165, 1.54) is 5.56 Å². The molecule has 1 aromatic rings. The molecule has 1 rings (SSSR count). The molecule has 0 heterocycles. The van der Waals surface area contributed by atoms with Crippen molar-refractivity contribution in [3.8, 4) is 0 Å². The molecule has 0 aliphatic heterocycles. The fourth-order valence-electron chi connectivity index (χ4n) is 1.57. The normalized spacial score (nSPS) is 14.9. The van der Waals surface area contributed by atoms with Crippen LogP contribution in [0.1, 0.15) is 24.9 Å². The van der Waals surface area contributed by atoms with Crippen LogP contribution in [0.4, 0.5) is 0 Å². The number of rotatable bonds is 6. The van der Waals surface area contributed by atoms with Crippen LogP contribution in [0.2, 0.25) is 0 Å². The van der Waals surface area contributed by atoms with E-state index in [9.17, 15) is 0 Å². The molecule has 1 aromatic carbocycles. The third-order valence-corrected chi connectivity index (χ3v) is 2.48. The Balaban J connectivity index is 2.50. The van der Waals surface area contributed by atoms with Crippen molar-refractivity contribution < 1.29 is 10.2 Å². The Hall–Kier alpha value is -0.900. The number of benzene rings is 1. The first kappa shape index (κ1) is 12.2. The van der Waals surface area contributed by atoms with Gasteiger partial charge in [-0.25, -0.2) is 0 Å². The highest BCUT2D eigenvalue weighted by Gasteiger charge is 2.11. The van der Waals surface area contributed by atoms with Crippen molar-refractivity contribution >= 4 is 0 Å². The zero-order valence-corrected chi connectivity index (χ0v) is 9.06. The highest BCUT2D eigenvalue weighted by atomic mass is 16.3. The summed E-state index contributed by atoms with van der Waals surface area (Å²) in [5.74, 6) is 0. The summed E-state index contributed by atoms with van der Waals surface area (Å²) >= 11 is 0. The molecule has 15 heavy (non-hydrogen) atoms. The van der Waals surface area contributed by atoms with E-state index in [0.29, 0.717) is 6.42 Å². The zero-order valence-electron chi connectivity index (χ0n) is 9.06. The minimum absolute atomic E-state index is 0.0368. The van der Waals surface area contributed by atoms with E-state index in [1.54, 1.807) is 0 Å². The minimum Gasteiger partial charge on any atom is -0.396 e. The summed E-state index contributed by atoms with van der Waals surface area (Å²) in [4.78, 5) is 0. The summed E-state index contributed by atoms with van der Waals surface area (Å²) in [7, 11) is 0. The van der Waals surface area contributed by atoms with E-state index in [2.05, 4.69) is 12.2 Å². The van der Waals surface area contributed by atoms with Crippen LogP contribution in [0.5, 0.6) is 0 Å². The number of hydrogen-bond donors (Lipinski definition) is 3. The standard InChI is InChI=1S/C12H19NO2/c1-10(11-5-3-2-4-6-11)13-12(9-15)7-8-14/h2-6,10,12-15H,7-9H2,1H3/t10-,12+/m0/s1. The molecule has 0 saturated carbocycles. The van der Waals surface area contributed by atoms with E-state index in [0.717, 1.165) is 0 Å². The van der Waals surface area contributed by atoms with Crippen LogP contribution in [0, 0.1) is 0 Å². The van der Waals surface area contributed by atoms with Gasteiger partial charge < -0.3 is 15.5 Å². The molecule has 0 radical (unpaired) electrons. The average Bonchev–Trinajstić information content (AvgIpc) is 2.29. The van der Waals surface area contributed by atoms with Gasteiger partial charge in [-0.15, -0.1) is 0 Å². The SMILES string of the molecule is C[C@H](N[C@@H](CO)CCO)c1ccccc1. The Morgan fingerprint density at radius 1 is 1.20 bits per heavy atom. The molecular weight excluding hydrogens is 190 g/mol. The van der Waals surface area contributed by atoms with Crippen molar-refractivity contribution in [1.82, 2.24) is 5.32 Å². The summed E-state index contributed by atoms with van der Waals surface area (Å²) in [6, 6.07) is 10.2. The molecule has 0 unspecified atom stereocenters. The van der Waals surface area contributed by atoms with E-state index in [1.807, 2.05) is 30.3 Å². The van der Waals surface area contributed by atoms with Gasteiger partial charge in [0.1, 0.15) is 0 Å². The maximum absolute atomic E-state index is 9.08. The van der Waals surface area contributed by atoms with E-state index in [4.69, 9.17) is 10.2 Å². The second kappa shape index (κ2) is 6.56. The largest absolute Gasteiger partial charge is 0.396 e. The van der Waals surface area contributed by atoms with Crippen LogP contribution < -0.4 is 5.32 Å². The third-order valence-electron chi connectivity index (χ3n) is 2.48. The van der Waals surface area contributed by atoms with E-state index >= 15 is 0 Å². The monoisotopic (exact) mass is 209 g/mol. The molecule has 3 N–H and O–H groups in total. The third kappa shape index (κ3) is 4.00. The molecule has 2 atom stereocenters. The molecule has 3 nitrogen and oxygen atoms in total. The fraction of sp³-hybridized carbons (Fsp3) is 0.500. The van der Waals surface area contributed by atoms with Gasteiger partial charge in [0.15, 0.2) is 0 Å². The maximum Gasteiger partial charge on any atom is 0.0585 e. The van der Waals surface area contributed by atoms with Crippen LogP contribution in [0.15, 0.2) is 30.3 Å². The van der Waals surface area contributed by atoms with Gasteiger partial charge >= 0.3 is 0 Å². The predicted molar refractivity (Wildman–Crippen MR) is 60.6 cm³/mol. The lowest BCUT2D eigenvalue weighted by Crippen LogP contribution is -2.35. The first-order valence-electron chi connectivity index (χ1n) is 5.30. The molecular formula is C12H19NO2. The minimum atomic E-state index is -0.0368. The lowest BCUT2D eigenvalue weighted by atomic mass is 10.1. The molecule has 3 heteroatoms. The second-order valence-corrected chi connectivity index (χ2v) is 3.69. The summed E-state index contributed by atoms with van der Waals surface area (Å²) in [6.07, 6.45) is 0.577. The number of nitrogens with one attached hydrogen (secondary N) is 1. The van der Waals surface area contributed by atoms with Gasteiger partial charge in [0, 0.05) is 18.7 Å². The number of aliphatic hydroxyl groups excluding tert-OH is 2. The van der Waals surface area contributed by atoms with Crippen molar-refractivity contribution in [2.45, 2.75) is 25.4 Å². The first-order valence-corrected chi connectivity index (χ1v) is 5.30. The summed E-state index contributed by atoms with van der Waals surface area (Å²) in [5, 5.41) is 21.2. The molecule has 0 aromatic heterocycles. The molecule has 0 bridgehead atoms. The second-order valence-electron chi connectivity index (χ2n) is 3.69. The van der Waals surface area contributed by atoms with Crippen molar-refractivity contribution in [3.05, 3.63) is 35.9 Å². The van der Waals surface area contributed by atoms with Crippen molar-refractivity contribution in [2.75, 3.05) is 13.2 Å². The van der Waals surface area contributed by atoms with Gasteiger partial charge in [-0.2, -0.15) is 0 Å². The van der Waals surface area contributed by atoms with Gasteiger partial charge in [-0.05, 0) is 18.9 Å². The van der Waals surface area contributed by atoms with Crippen LogP contribution >= 0.6 is 0 Å². The van der Waals surface area contributed by atoms with Crippen molar-refractivity contribution in [2.24, 2.45) is 0 Å². The lowest BCUT2D eigenvalue weighted by molar-refractivity contribution is 0.193. The van der Waals surface area contributed by atoms with Gasteiger partial charge in [-0.3, -0.25) is 0 Å². The van der Waals surface area contributed by atoms with E-state index in [-0.39, 0.29) is 25.3 Å². The van der Waals surface area contributed by atoms with E-state index < -0.39 is 0 Å². The fourth-order valence-corrected chi connectivity index (χ4v) is 1.57. The molecule has 0 aliphatic carbocycles. The van der Waals surface area contributed by atoms with Crippen LogP contribution in [-0.4, -0.2) is 29.5 Å². The highest BCUT2D eigenvalue weighted by molar-refractivity contribution is 5.18. The van der Waals surface area contributed by atoms with Gasteiger partial charge in [0.2, 0.25) is 0 Å². The topological polar surface area (TPSA) is 52.5 Å². The predicted octanol–water partition coefficient (Wildman–Crippen LogP) is 1.08. The highest BCUT2D eigenvalue weighted by Crippen LogP contribution is 2.12. The maximum atomic E-state index is 9.08. The molecule has 0 fully saturated rings. The zero-order chi connectivity index (χ0) is 11.1. The smallest absolute Gasteiger partial charge is 0.0585 e. The molecule has 0 amide bonds. The van der Waals surface area contributed by atoms with Crippen molar-refractivity contribution in [1.29, 1.82) is 0 Å². The number of hydrogen-bond acceptors (Lipinski definition) is 3. The Labute approximate surface area is 90.8 Å². The van der Waals surface area contributed by atoms with Crippen LogP contribution in [0.25, 0.3) is 0 Å². The Morgan fingerprint density at radius 2 is 1.87 bits per heavy atom. The van der Waals surface area contributed by atoms with Gasteiger partial charge in [0.05, 0.1) is 6.61 Å². The Bertz CT molecular complexity index is 264. The van der Waals surface area contributed by atoms with Gasteiger partial charge in [-0.1, -0.05) is 30.3 Å². The molecule has 0 aliphatic rings.